The number of nitrogens with zero attached hydrogens (tertiary/aromatic N) is 1. The van der Waals surface area contributed by atoms with Gasteiger partial charge in [0.2, 0.25) is 0 Å². The fraction of sp³-hybridized carbons (Fsp3) is 0.435. The Labute approximate surface area is 172 Å². The molecule has 2 fully saturated rings. The van der Waals surface area contributed by atoms with Crippen LogP contribution in [-0.4, -0.2) is 56.3 Å². The van der Waals surface area contributed by atoms with Gasteiger partial charge in [0.1, 0.15) is 5.75 Å². The van der Waals surface area contributed by atoms with E-state index in [4.69, 9.17) is 9.47 Å². The molecule has 2 aliphatic rings. The summed E-state index contributed by atoms with van der Waals surface area (Å²) in [7, 11) is 1.61. The van der Waals surface area contributed by atoms with Crippen molar-refractivity contribution in [3.05, 3.63) is 59.7 Å². The minimum absolute atomic E-state index is 0.131. The molecule has 1 saturated carbocycles. The first-order chi connectivity index (χ1) is 14.2. The average molecular weight is 396 g/mol. The summed E-state index contributed by atoms with van der Waals surface area (Å²) in [5, 5.41) is 6.46. The van der Waals surface area contributed by atoms with Crippen molar-refractivity contribution >= 4 is 11.6 Å². The van der Waals surface area contributed by atoms with E-state index in [1.165, 1.54) is 12.8 Å². The number of ether oxygens (including phenoxy) is 2. The van der Waals surface area contributed by atoms with Crippen LogP contribution in [0.2, 0.25) is 0 Å². The SMILES string of the molecule is COc1ccc(C(=O)Nc2cccc(CNCC3CN(C4CC4)CCO3)c2)cc1. The summed E-state index contributed by atoms with van der Waals surface area (Å²) in [4.78, 5) is 15.0. The Morgan fingerprint density at radius 2 is 2.03 bits per heavy atom. The van der Waals surface area contributed by atoms with E-state index in [0.29, 0.717) is 5.56 Å². The standard InChI is InChI=1S/C23H29N3O3/c1-28-21-9-5-18(6-10-21)23(27)25-19-4-2-3-17(13-19)14-24-15-22-16-26(11-12-29-22)20-7-8-20/h2-6,9-10,13,20,22,24H,7-8,11-12,14-16H2,1H3,(H,25,27). The number of methoxy groups -OCH3 is 1. The van der Waals surface area contributed by atoms with Crippen molar-refractivity contribution in [2.45, 2.75) is 31.5 Å². The Bertz CT molecular complexity index is 820. The van der Waals surface area contributed by atoms with Crippen LogP contribution in [0.1, 0.15) is 28.8 Å². The monoisotopic (exact) mass is 395 g/mol. The molecule has 2 aromatic rings. The minimum Gasteiger partial charge on any atom is -0.497 e. The van der Waals surface area contributed by atoms with E-state index in [-0.39, 0.29) is 12.0 Å². The molecule has 1 aliphatic heterocycles. The molecule has 1 atom stereocenters. The number of benzene rings is 2. The zero-order valence-corrected chi connectivity index (χ0v) is 16.9. The van der Waals surface area contributed by atoms with Crippen molar-refractivity contribution in [3.63, 3.8) is 0 Å². The molecular formula is C23H29N3O3. The van der Waals surface area contributed by atoms with E-state index < -0.39 is 0 Å². The molecule has 1 amide bonds. The van der Waals surface area contributed by atoms with Gasteiger partial charge in [-0.3, -0.25) is 9.69 Å². The summed E-state index contributed by atoms with van der Waals surface area (Å²) in [5.41, 5.74) is 2.52. The van der Waals surface area contributed by atoms with Crippen LogP contribution in [0.25, 0.3) is 0 Å². The summed E-state index contributed by atoms with van der Waals surface area (Å²) in [6.45, 7) is 4.50. The van der Waals surface area contributed by atoms with Gasteiger partial charge in [-0.25, -0.2) is 0 Å². The maximum Gasteiger partial charge on any atom is 0.255 e. The molecule has 4 rings (SSSR count). The van der Waals surface area contributed by atoms with Crippen LogP contribution in [0.5, 0.6) is 5.75 Å². The first-order valence-corrected chi connectivity index (χ1v) is 10.3. The maximum atomic E-state index is 12.4. The summed E-state index contributed by atoms with van der Waals surface area (Å²) >= 11 is 0. The lowest BCUT2D eigenvalue weighted by Gasteiger charge is -2.33. The van der Waals surface area contributed by atoms with Gasteiger partial charge in [-0.2, -0.15) is 0 Å². The fourth-order valence-electron chi connectivity index (χ4n) is 3.72. The molecule has 0 radical (unpaired) electrons. The van der Waals surface area contributed by atoms with Crippen LogP contribution in [0.3, 0.4) is 0 Å². The molecule has 6 heteroatoms. The minimum atomic E-state index is -0.131. The highest BCUT2D eigenvalue weighted by atomic mass is 16.5. The molecule has 29 heavy (non-hydrogen) atoms. The maximum absolute atomic E-state index is 12.4. The predicted molar refractivity (Wildman–Crippen MR) is 113 cm³/mol. The lowest BCUT2D eigenvalue weighted by Crippen LogP contribution is -2.47. The third-order valence-electron chi connectivity index (χ3n) is 5.47. The van der Waals surface area contributed by atoms with Crippen LogP contribution < -0.4 is 15.4 Å². The summed E-state index contributed by atoms with van der Waals surface area (Å²) < 4.78 is 11.0. The second kappa shape index (κ2) is 9.39. The number of carbonyl (C=O) groups excluding carboxylic acids is 1. The van der Waals surface area contributed by atoms with Gasteiger partial charge in [0.05, 0.1) is 19.8 Å². The molecule has 1 aliphatic carbocycles. The molecular weight excluding hydrogens is 366 g/mol. The molecule has 2 aromatic carbocycles. The quantitative estimate of drug-likeness (QED) is 0.720. The lowest BCUT2D eigenvalue weighted by atomic mass is 10.1. The van der Waals surface area contributed by atoms with E-state index in [1.807, 2.05) is 18.2 Å². The van der Waals surface area contributed by atoms with E-state index in [9.17, 15) is 4.79 Å². The second-order valence-electron chi connectivity index (χ2n) is 7.73. The van der Waals surface area contributed by atoms with Crippen molar-refractivity contribution in [1.82, 2.24) is 10.2 Å². The molecule has 0 aromatic heterocycles. The molecule has 154 valence electrons. The zero-order valence-electron chi connectivity index (χ0n) is 16.9. The van der Waals surface area contributed by atoms with Gasteiger partial charge in [0, 0.05) is 43.5 Å². The number of morpholine rings is 1. The fourth-order valence-corrected chi connectivity index (χ4v) is 3.72. The Kier molecular flexibility index (Phi) is 6.44. The van der Waals surface area contributed by atoms with Gasteiger partial charge >= 0.3 is 0 Å². The Morgan fingerprint density at radius 1 is 1.21 bits per heavy atom. The largest absolute Gasteiger partial charge is 0.497 e. The number of anilines is 1. The number of rotatable bonds is 8. The summed E-state index contributed by atoms with van der Waals surface area (Å²) in [5.74, 6) is 0.602. The van der Waals surface area contributed by atoms with Crippen LogP contribution in [0.15, 0.2) is 48.5 Å². The van der Waals surface area contributed by atoms with Gasteiger partial charge in [0.15, 0.2) is 0 Å². The molecule has 2 N–H and O–H groups in total. The third kappa shape index (κ3) is 5.56. The molecule has 0 spiro atoms. The van der Waals surface area contributed by atoms with Crippen LogP contribution in [-0.2, 0) is 11.3 Å². The molecule has 1 saturated heterocycles. The van der Waals surface area contributed by atoms with Gasteiger partial charge in [0.25, 0.3) is 5.91 Å². The lowest BCUT2D eigenvalue weighted by molar-refractivity contribution is -0.0301. The highest BCUT2D eigenvalue weighted by Crippen LogP contribution is 2.28. The highest BCUT2D eigenvalue weighted by molar-refractivity contribution is 6.04. The molecule has 1 heterocycles. The Hall–Kier alpha value is -2.41. The molecule has 1 unspecified atom stereocenters. The smallest absolute Gasteiger partial charge is 0.255 e. The van der Waals surface area contributed by atoms with Crippen LogP contribution in [0.4, 0.5) is 5.69 Å². The van der Waals surface area contributed by atoms with Gasteiger partial charge in [-0.15, -0.1) is 0 Å². The number of amides is 1. The number of nitrogens with one attached hydrogen (secondary N) is 2. The van der Waals surface area contributed by atoms with Crippen molar-refractivity contribution in [2.75, 3.05) is 38.7 Å². The zero-order chi connectivity index (χ0) is 20.1. The van der Waals surface area contributed by atoms with E-state index in [1.54, 1.807) is 31.4 Å². The highest BCUT2D eigenvalue weighted by Gasteiger charge is 2.32. The molecule has 0 bridgehead atoms. The van der Waals surface area contributed by atoms with E-state index in [2.05, 4.69) is 21.6 Å². The first kappa shape index (κ1) is 19.9. The van der Waals surface area contributed by atoms with E-state index in [0.717, 1.165) is 55.8 Å². The topological polar surface area (TPSA) is 62.8 Å². The van der Waals surface area contributed by atoms with Crippen LogP contribution in [0, 0.1) is 0 Å². The third-order valence-corrected chi connectivity index (χ3v) is 5.47. The van der Waals surface area contributed by atoms with Crippen molar-refractivity contribution in [2.24, 2.45) is 0 Å². The van der Waals surface area contributed by atoms with Crippen molar-refractivity contribution < 1.29 is 14.3 Å². The van der Waals surface area contributed by atoms with Gasteiger partial charge < -0.3 is 20.1 Å². The predicted octanol–water partition coefficient (Wildman–Crippen LogP) is 2.90. The average Bonchev–Trinajstić information content (AvgIpc) is 3.60. The van der Waals surface area contributed by atoms with Crippen LogP contribution >= 0.6 is 0 Å². The Balaban J connectivity index is 1.26. The Morgan fingerprint density at radius 3 is 2.79 bits per heavy atom. The second-order valence-corrected chi connectivity index (χ2v) is 7.73. The number of carbonyl (C=O) groups is 1. The molecule has 6 nitrogen and oxygen atoms in total. The normalized spacial score (nSPS) is 19.7. The summed E-state index contributed by atoms with van der Waals surface area (Å²) in [6.07, 6.45) is 2.94. The van der Waals surface area contributed by atoms with Gasteiger partial charge in [-0.05, 0) is 54.8 Å². The van der Waals surface area contributed by atoms with Crippen molar-refractivity contribution in [1.29, 1.82) is 0 Å². The van der Waals surface area contributed by atoms with Gasteiger partial charge in [-0.1, -0.05) is 12.1 Å². The number of hydrogen-bond donors (Lipinski definition) is 2. The summed E-state index contributed by atoms with van der Waals surface area (Å²) in [6, 6.07) is 15.8. The first-order valence-electron chi connectivity index (χ1n) is 10.3. The van der Waals surface area contributed by atoms with Crippen molar-refractivity contribution in [3.8, 4) is 5.75 Å². The van der Waals surface area contributed by atoms with E-state index >= 15 is 0 Å². The number of hydrogen-bond acceptors (Lipinski definition) is 5.